The molecular formula is C22H14N2O4. The van der Waals surface area contributed by atoms with E-state index in [1.54, 1.807) is 60.7 Å². The van der Waals surface area contributed by atoms with Gasteiger partial charge in [0, 0.05) is 11.1 Å². The van der Waals surface area contributed by atoms with Crippen LogP contribution >= 0.6 is 0 Å². The molecule has 3 aromatic carbocycles. The molecule has 0 radical (unpaired) electrons. The van der Waals surface area contributed by atoms with E-state index in [1.807, 2.05) is 0 Å². The monoisotopic (exact) mass is 370 g/mol. The zero-order chi connectivity index (χ0) is 19.7. The minimum Gasteiger partial charge on any atom is -0.268 e. The average molecular weight is 370 g/mol. The molecule has 28 heavy (non-hydrogen) atoms. The first-order chi connectivity index (χ1) is 13.6. The lowest BCUT2D eigenvalue weighted by Crippen LogP contribution is -2.45. The van der Waals surface area contributed by atoms with Gasteiger partial charge in [-0.15, -0.1) is 0 Å². The van der Waals surface area contributed by atoms with Crippen molar-refractivity contribution in [3.8, 4) is 0 Å². The first kappa shape index (κ1) is 17.4. The summed E-state index contributed by atoms with van der Waals surface area (Å²) in [5.41, 5.74) is -1.15. The lowest BCUT2D eigenvalue weighted by Gasteiger charge is -2.12. The second kappa shape index (κ2) is 6.92. The van der Waals surface area contributed by atoms with Crippen LogP contribution in [-0.4, -0.2) is 20.9 Å². The summed E-state index contributed by atoms with van der Waals surface area (Å²) < 4.78 is 1.38. The minimum absolute atomic E-state index is 0.107. The first-order valence-corrected chi connectivity index (χ1v) is 8.56. The molecule has 0 atom stereocenters. The Morgan fingerprint density at radius 2 is 1.04 bits per heavy atom. The number of aromatic nitrogens is 2. The van der Waals surface area contributed by atoms with Crippen LogP contribution in [-0.2, 0) is 0 Å². The molecule has 0 saturated carbocycles. The highest BCUT2D eigenvalue weighted by atomic mass is 16.2. The summed E-state index contributed by atoms with van der Waals surface area (Å²) >= 11 is 0. The third-order valence-corrected chi connectivity index (χ3v) is 4.41. The molecule has 0 unspecified atom stereocenters. The minimum atomic E-state index is -0.994. The second-order valence-corrected chi connectivity index (χ2v) is 6.12. The summed E-state index contributed by atoms with van der Waals surface area (Å²) in [4.78, 5) is 51.9. The van der Waals surface area contributed by atoms with Crippen LogP contribution < -0.4 is 11.2 Å². The van der Waals surface area contributed by atoms with Crippen LogP contribution in [0.25, 0.3) is 10.9 Å². The maximum Gasteiger partial charge on any atom is 0.345 e. The molecule has 6 nitrogen and oxygen atoms in total. The van der Waals surface area contributed by atoms with Crippen molar-refractivity contribution in [1.82, 2.24) is 9.13 Å². The third-order valence-electron chi connectivity index (χ3n) is 4.41. The van der Waals surface area contributed by atoms with Crippen molar-refractivity contribution in [2.75, 3.05) is 0 Å². The summed E-state index contributed by atoms with van der Waals surface area (Å²) in [5.74, 6) is -1.40. The number of benzene rings is 3. The van der Waals surface area contributed by atoms with E-state index < -0.39 is 23.1 Å². The Morgan fingerprint density at radius 1 is 0.571 bits per heavy atom. The number of carbonyl (C=O) groups excluding carboxylic acids is 2. The lowest BCUT2D eigenvalue weighted by atomic mass is 10.1. The number of nitrogens with zero attached hydrogens (tertiary/aromatic N) is 2. The van der Waals surface area contributed by atoms with Crippen LogP contribution in [0.3, 0.4) is 0 Å². The van der Waals surface area contributed by atoms with E-state index in [4.69, 9.17) is 0 Å². The fourth-order valence-corrected chi connectivity index (χ4v) is 3.05. The van der Waals surface area contributed by atoms with Crippen molar-refractivity contribution in [2.45, 2.75) is 0 Å². The van der Waals surface area contributed by atoms with Crippen LogP contribution in [0.5, 0.6) is 0 Å². The second-order valence-electron chi connectivity index (χ2n) is 6.12. The van der Waals surface area contributed by atoms with Gasteiger partial charge in [0.1, 0.15) is 0 Å². The Hall–Kier alpha value is -4.06. The molecule has 4 rings (SSSR count). The van der Waals surface area contributed by atoms with Gasteiger partial charge in [0.2, 0.25) is 0 Å². The van der Waals surface area contributed by atoms with Gasteiger partial charge in [-0.1, -0.05) is 48.5 Å². The van der Waals surface area contributed by atoms with Gasteiger partial charge >= 0.3 is 5.69 Å². The summed E-state index contributed by atoms with van der Waals surface area (Å²) in [5, 5.41) is 0.107. The molecule has 4 aromatic rings. The molecule has 6 heteroatoms. The van der Waals surface area contributed by atoms with Crippen molar-refractivity contribution in [1.29, 1.82) is 0 Å². The van der Waals surface area contributed by atoms with Gasteiger partial charge in [0.25, 0.3) is 17.4 Å². The molecule has 0 fully saturated rings. The predicted octanol–water partition coefficient (Wildman–Crippen LogP) is 2.54. The Bertz CT molecular complexity index is 1320. The van der Waals surface area contributed by atoms with E-state index in [1.165, 1.54) is 24.3 Å². The molecule has 0 aliphatic heterocycles. The zero-order valence-corrected chi connectivity index (χ0v) is 14.6. The van der Waals surface area contributed by atoms with Crippen molar-refractivity contribution in [3.05, 3.63) is 117 Å². The highest BCUT2D eigenvalue weighted by Gasteiger charge is 2.23. The summed E-state index contributed by atoms with van der Waals surface area (Å²) in [6.07, 6.45) is 0. The van der Waals surface area contributed by atoms with Crippen molar-refractivity contribution in [2.24, 2.45) is 0 Å². The van der Waals surface area contributed by atoms with E-state index in [0.29, 0.717) is 4.57 Å². The topological polar surface area (TPSA) is 78.1 Å². The molecular weight excluding hydrogens is 356 g/mol. The predicted molar refractivity (Wildman–Crippen MR) is 105 cm³/mol. The Kier molecular flexibility index (Phi) is 4.29. The van der Waals surface area contributed by atoms with Gasteiger partial charge in [0.05, 0.1) is 10.9 Å². The van der Waals surface area contributed by atoms with Gasteiger partial charge < -0.3 is 0 Å². The van der Waals surface area contributed by atoms with Crippen LogP contribution in [0.4, 0.5) is 0 Å². The Balaban J connectivity index is 2.06. The summed E-state index contributed by atoms with van der Waals surface area (Å²) in [6.45, 7) is 0. The first-order valence-electron chi connectivity index (χ1n) is 8.56. The van der Waals surface area contributed by atoms with Crippen LogP contribution in [0.1, 0.15) is 20.7 Å². The quantitative estimate of drug-likeness (QED) is 0.543. The van der Waals surface area contributed by atoms with Gasteiger partial charge in [-0.25, -0.2) is 9.36 Å². The smallest absolute Gasteiger partial charge is 0.268 e. The molecule has 0 bridgehead atoms. The highest BCUT2D eigenvalue weighted by Crippen LogP contribution is 2.11. The van der Waals surface area contributed by atoms with E-state index in [2.05, 4.69) is 0 Å². The molecule has 0 N–H and O–H groups in total. The number of hydrogen-bond donors (Lipinski definition) is 0. The van der Waals surface area contributed by atoms with Crippen LogP contribution in [0.15, 0.2) is 94.5 Å². The molecule has 1 heterocycles. The fraction of sp³-hybridized carbons (Fsp3) is 0. The average Bonchev–Trinajstić information content (AvgIpc) is 2.75. The molecule has 136 valence electrons. The number of rotatable bonds is 2. The van der Waals surface area contributed by atoms with Crippen molar-refractivity contribution < 1.29 is 9.59 Å². The van der Waals surface area contributed by atoms with Crippen molar-refractivity contribution >= 4 is 22.7 Å². The summed E-state index contributed by atoms with van der Waals surface area (Å²) in [7, 11) is 0. The SMILES string of the molecule is O=C(c1ccccc1)n1c(=O)c2ccccc2n(C(=O)c2ccccc2)c1=O. The normalized spacial score (nSPS) is 10.7. The van der Waals surface area contributed by atoms with Gasteiger partial charge in [-0.3, -0.25) is 14.4 Å². The van der Waals surface area contributed by atoms with Gasteiger partial charge in [-0.2, -0.15) is 4.57 Å². The zero-order valence-electron chi connectivity index (χ0n) is 14.6. The van der Waals surface area contributed by atoms with E-state index in [0.717, 1.165) is 4.57 Å². The van der Waals surface area contributed by atoms with Crippen molar-refractivity contribution in [3.63, 3.8) is 0 Å². The molecule has 0 amide bonds. The maximum absolute atomic E-state index is 13.1. The third kappa shape index (κ3) is 2.77. The highest BCUT2D eigenvalue weighted by molar-refractivity contribution is 6.02. The largest absolute Gasteiger partial charge is 0.345 e. The van der Waals surface area contributed by atoms with E-state index >= 15 is 0 Å². The Morgan fingerprint density at radius 3 is 1.61 bits per heavy atom. The molecule has 1 aromatic heterocycles. The number of hydrogen-bond acceptors (Lipinski definition) is 4. The number of carbonyl (C=O) groups is 2. The standard InChI is InChI=1S/C22H14N2O4/c25-19(15-9-3-1-4-10-15)23-18-14-8-7-13-17(18)21(27)24(22(23)28)20(26)16-11-5-2-6-12-16/h1-14H. The lowest BCUT2D eigenvalue weighted by molar-refractivity contribution is 0.0936. The maximum atomic E-state index is 13.1. The summed E-state index contributed by atoms with van der Waals surface area (Å²) in [6, 6.07) is 22.5. The van der Waals surface area contributed by atoms with Crippen LogP contribution in [0.2, 0.25) is 0 Å². The number of fused-ring (bicyclic) bond motifs is 1. The number of para-hydroxylation sites is 1. The van der Waals surface area contributed by atoms with Gasteiger partial charge in [-0.05, 0) is 36.4 Å². The molecule has 0 aliphatic carbocycles. The van der Waals surface area contributed by atoms with E-state index in [-0.39, 0.29) is 22.0 Å². The fourth-order valence-electron chi connectivity index (χ4n) is 3.05. The molecule has 0 aliphatic rings. The molecule has 0 spiro atoms. The molecule has 0 saturated heterocycles. The van der Waals surface area contributed by atoms with Gasteiger partial charge in [0.15, 0.2) is 0 Å². The Labute approximate surface area is 158 Å². The van der Waals surface area contributed by atoms with Crippen LogP contribution in [0, 0.1) is 0 Å². The van der Waals surface area contributed by atoms with E-state index in [9.17, 15) is 19.2 Å².